The number of halogens is 2. The van der Waals surface area contributed by atoms with E-state index in [1.54, 1.807) is 13.0 Å². The highest BCUT2D eigenvalue weighted by atomic mass is 79.9. The van der Waals surface area contributed by atoms with E-state index in [0.29, 0.717) is 13.2 Å². The first-order valence-electron chi connectivity index (χ1n) is 6.01. The highest BCUT2D eigenvalue weighted by molar-refractivity contribution is 9.10. The lowest BCUT2D eigenvalue weighted by molar-refractivity contribution is -0.145. The zero-order valence-electron chi connectivity index (χ0n) is 10.7. The van der Waals surface area contributed by atoms with Gasteiger partial charge in [-0.15, -0.1) is 0 Å². The Balaban J connectivity index is 2.33. The van der Waals surface area contributed by atoms with Crippen LogP contribution in [0.25, 0.3) is 0 Å². The molecule has 106 valence electrons. The molecule has 0 aliphatic heterocycles. The van der Waals surface area contributed by atoms with Gasteiger partial charge in [-0.1, -0.05) is 15.9 Å². The monoisotopic (exact) mass is 333 g/mol. The predicted molar refractivity (Wildman–Crippen MR) is 73.1 cm³/mol. The fraction of sp³-hybridized carbons (Fsp3) is 0.462. The molecule has 0 spiro atoms. The molecule has 0 aromatic heterocycles. The summed E-state index contributed by atoms with van der Waals surface area (Å²) in [5.74, 6) is -0.740. The first-order chi connectivity index (χ1) is 9.02. The number of rotatable bonds is 7. The molecule has 2 N–H and O–H groups in total. The molecule has 0 radical (unpaired) electrons. The van der Waals surface area contributed by atoms with Gasteiger partial charge in [0.2, 0.25) is 0 Å². The van der Waals surface area contributed by atoms with Gasteiger partial charge in [-0.25, -0.2) is 4.39 Å². The number of aliphatic hydroxyl groups excluding tert-OH is 1. The maximum absolute atomic E-state index is 13.0. The zero-order valence-corrected chi connectivity index (χ0v) is 12.2. The fourth-order valence-electron chi connectivity index (χ4n) is 1.54. The summed E-state index contributed by atoms with van der Waals surface area (Å²) in [6, 6.07) is 4.40. The Morgan fingerprint density at radius 2 is 2.32 bits per heavy atom. The largest absolute Gasteiger partial charge is 0.466 e. The van der Waals surface area contributed by atoms with Gasteiger partial charge in [0, 0.05) is 17.6 Å². The number of esters is 1. The number of carbonyl (C=O) groups excluding carboxylic acids is 1. The second kappa shape index (κ2) is 8.24. The van der Waals surface area contributed by atoms with Crippen molar-refractivity contribution in [3.05, 3.63) is 34.1 Å². The molecule has 1 aromatic rings. The molecule has 6 heteroatoms. The lowest BCUT2D eigenvalue weighted by atomic mass is 10.2. The summed E-state index contributed by atoms with van der Waals surface area (Å²) in [5, 5.41) is 12.6. The summed E-state index contributed by atoms with van der Waals surface area (Å²) in [4.78, 5) is 11.1. The molecule has 1 rings (SSSR count). The highest BCUT2D eigenvalue weighted by Crippen LogP contribution is 2.17. The van der Waals surface area contributed by atoms with Crippen molar-refractivity contribution in [2.24, 2.45) is 0 Å². The van der Waals surface area contributed by atoms with Crippen LogP contribution in [0.5, 0.6) is 0 Å². The summed E-state index contributed by atoms with van der Waals surface area (Å²) in [5.41, 5.74) is 0.753. The second-order valence-electron chi connectivity index (χ2n) is 4.03. The summed E-state index contributed by atoms with van der Waals surface area (Å²) >= 11 is 3.32. The van der Waals surface area contributed by atoms with Gasteiger partial charge in [0.15, 0.2) is 0 Å². The van der Waals surface area contributed by atoms with E-state index < -0.39 is 12.1 Å². The van der Waals surface area contributed by atoms with Gasteiger partial charge in [-0.2, -0.15) is 0 Å². The van der Waals surface area contributed by atoms with E-state index in [0.717, 1.165) is 10.0 Å². The molecule has 0 amide bonds. The predicted octanol–water partition coefficient (Wildman–Crippen LogP) is 1.99. The lowest BCUT2D eigenvalue weighted by Crippen LogP contribution is -2.29. The second-order valence-corrected chi connectivity index (χ2v) is 4.88. The van der Waals surface area contributed by atoms with Gasteiger partial charge in [0.25, 0.3) is 0 Å². The molecular weight excluding hydrogens is 317 g/mol. The van der Waals surface area contributed by atoms with Crippen LogP contribution in [0.4, 0.5) is 4.39 Å². The molecule has 1 aromatic carbocycles. The first kappa shape index (κ1) is 16.1. The van der Waals surface area contributed by atoms with Crippen LogP contribution in [0.15, 0.2) is 22.7 Å². The molecule has 4 nitrogen and oxygen atoms in total. The quantitative estimate of drug-likeness (QED) is 0.749. The molecule has 19 heavy (non-hydrogen) atoms. The van der Waals surface area contributed by atoms with Crippen molar-refractivity contribution < 1.29 is 19.0 Å². The number of nitrogens with one attached hydrogen (secondary N) is 1. The van der Waals surface area contributed by atoms with Crippen LogP contribution in [0.3, 0.4) is 0 Å². The van der Waals surface area contributed by atoms with Crippen molar-refractivity contribution >= 4 is 21.9 Å². The van der Waals surface area contributed by atoms with E-state index >= 15 is 0 Å². The van der Waals surface area contributed by atoms with Gasteiger partial charge in [0.05, 0.1) is 19.1 Å². The zero-order chi connectivity index (χ0) is 14.3. The lowest BCUT2D eigenvalue weighted by Gasteiger charge is -2.12. The first-order valence-corrected chi connectivity index (χ1v) is 6.80. The summed E-state index contributed by atoms with van der Waals surface area (Å²) in [7, 11) is 0. The number of hydrogen-bond acceptors (Lipinski definition) is 4. The molecule has 1 unspecified atom stereocenters. The van der Waals surface area contributed by atoms with E-state index in [-0.39, 0.29) is 18.8 Å². The molecular formula is C13H17BrFNO3. The Kier molecular flexibility index (Phi) is 6.97. The minimum Gasteiger partial charge on any atom is -0.466 e. The summed E-state index contributed by atoms with van der Waals surface area (Å²) in [6.45, 7) is 2.65. The van der Waals surface area contributed by atoms with E-state index in [1.165, 1.54) is 12.1 Å². The van der Waals surface area contributed by atoms with Gasteiger partial charge in [-0.05, 0) is 30.7 Å². The number of aliphatic hydroxyl groups is 1. The molecule has 0 saturated heterocycles. The summed E-state index contributed by atoms with van der Waals surface area (Å²) < 4.78 is 18.6. The van der Waals surface area contributed by atoms with E-state index in [9.17, 15) is 14.3 Å². The Morgan fingerprint density at radius 3 is 3.00 bits per heavy atom. The van der Waals surface area contributed by atoms with Crippen molar-refractivity contribution in [1.82, 2.24) is 5.32 Å². The topological polar surface area (TPSA) is 58.6 Å². The van der Waals surface area contributed by atoms with Crippen LogP contribution < -0.4 is 5.32 Å². The van der Waals surface area contributed by atoms with Gasteiger partial charge < -0.3 is 15.2 Å². The van der Waals surface area contributed by atoms with E-state index in [4.69, 9.17) is 4.74 Å². The molecule has 0 bridgehead atoms. The van der Waals surface area contributed by atoms with Gasteiger partial charge in [0.1, 0.15) is 5.82 Å². The van der Waals surface area contributed by atoms with Gasteiger partial charge in [-0.3, -0.25) is 4.79 Å². The van der Waals surface area contributed by atoms with Crippen LogP contribution in [0.1, 0.15) is 18.9 Å². The highest BCUT2D eigenvalue weighted by Gasteiger charge is 2.11. The molecule has 0 saturated carbocycles. The summed E-state index contributed by atoms with van der Waals surface area (Å²) in [6.07, 6.45) is -0.864. The third kappa shape index (κ3) is 6.13. The van der Waals surface area contributed by atoms with Crippen molar-refractivity contribution in [2.45, 2.75) is 26.0 Å². The van der Waals surface area contributed by atoms with Crippen molar-refractivity contribution in [3.63, 3.8) is 0 Å². The van der Waals surface area contributed by atoms with Crippen LogP contribution in [-0.2, 0) is 16.1 Å². The Bertz CT molecular complexity index is 428. The minimum atomic E-state index is -0.814. The third-order valence-corrected chi connectivity index (χ3v) is 3.18. The van der Waals surface area contributed by atoms with Crippen molar-refractivity contribution in [1.29, 1.82) is 0 Å². The number of hydrogen-bond donors (Lipinski definition) is 2. The molecule has 0 heterocycles. The van der Waals surface area contributed by atoms with Crippen molar-refractivity contribution in [3.8, 4) is 0 Å². The third-order valence-electron chi connectivity index (χ3n) is 2.41. The van der Waals surface area contributed by atoms with Gasteiger partial charge >= 0.3 is 5.97 Å². The van der Waals surface area contributed by atoms with Crippen LogP contribution >= 0.6 is 15.9 Å². The Labute approximate surface area is 120 Å². The fourth-order valence-corrected chi connectivity index (χ4v) is 1.92. The number of benzene rings is 1. The van der Waals surface area contributed by atoms with E-state index in [1.807, 2.05) is 0 Å². The number of carbonyl (C=O) groups is 1. The molecule has 0 aliphatic rings. The normalized spacial score (nSPS) is 12.2. The standard InChI is InChI=1S/C13H17BrFNO3/c1-2-19-13(18)6-11(17)8-16-7-9-5-10(15)3-4-12(9)14/h3-5,11,16-17H,2,6-8H2,1H3. The molecule has 0 fully saturated rings. The van der Waals surface area contributed by atoms with Crippen LogP contribution in [-0.4, -0.2) is 30.3 Å². The smallest absolute Gasteiger partial charge is 0.308 e. The maximum atomic E-state index is 13.0. The van der Waals surface area contributed by atoms with Crippen molar-refractivity contribution in [2.75, 3.05) is 13.2 Å². The average molecular weight is 334 g/mol. The SMILES string of the molecule is CCOC(=O)CC(O)CNCc1cc(F)ccc1Br. The van der Waals surface area contributed by atoms with Crippen LogP contribution in [0, 0.1) is 5.82 Å². The molecule has 0 aliphatic carbocycles. The maximum Gasteiger partial charge on any atom is 0.308 e. The minimum absolute atomic E-state index is 0.0504. The molecule has 1 atom stereocenters. The number of ether oxygens (including phenoxy) is 1. The Morgan fingerprint density at radius 1 is 1.58 bits per heavy atom. The van der Waals surface area contributed by atoms with E-state index in [2.05, 4.69) is 21.2 Å². The Hall–Kier alpha value is -0.980. The average Bonchev–Trinajstić information content (AvgIpc) is 2.33. The van der Waals surface area contributed by atoms with Crippen LogP contribution in [0.2, 0.25) is 0 Å².